The van der Waals surface area contributed by atoms with Crippen molar-refractivity contribution in [3.05, 3.63) is 23.5 Å². The fourth-order valence-electron chi connectivity index (χ4n) is 2.09. The first-order valence-electron chi connectivity index (χ1n) is 8.08. The fourth-order valence-corrected chi connectivity index (χ4v) is 2.09. The Labute approximate surface area is 143 Å². The molecule has 0 atom stereocenters. The number of nitrogens with zero attached hydrogens (tertiary/aromatic N) is 2. The van der Waals surface area contributed by atoms with Crippen molar-refractivity contribution in [2.75, 3.05) is 6.61 Å². The Morgan fingerprint density at radius 2 is 1.96 bits per heavy atom. The molecule has 5 nitrogen and oxygen atoms in total. The van der Waals surface area contributed by atoms with Crippen LogP contribution in [0.15, 0.2) is 12.1 Å². The van der Waals surface area contributed by atoms with Crippen LogP contribution in [0, 0.1) is 34.0 Å². The minimum Gasteiger partial charge on any atom is -0.487 e. The molecule has 0 spiro atoms. The van der Waals surface area contributed by atoms with Crippen molar-refractivity contribution in [3.63, 3.8) is 0 Å². The molecule has 0 amide bonds. The number of aromatic nitrogens is 1. The van der Waals surface area contributed by atoms with Crippen LogP contribution in [0.5, 0.6) is 5.75 Å². The summed E-state index contributed by atoms with van der Waals surface area (Å²) in [5, 5.41) is 28.1. The van der Waals surface area contributed by atoms with E-state index in [9.17, 15) is 15.5 Å². The smallest absolute Gasteiger partial charge is 0.183 e. The van der Waals surface area contributed by atoms with Crippen molar-refractivity contribution in [1.82, 2.24) is 4.98 Å². The van der Waals surface area contributed by atoms with Crippen molar-refractivity contribution < 1.29 is 14.9 Å². The topological polar surface area (TPSA) is 86.4 Å². The molecule has 0 aliphatic heterocycles. The van der Waals surface area contributed by atoms with Gasteiger partial charge in [-0.2, -0.15) is 5.26 Å². The van der Waals surface area contributed by atoms with Crippen molar-refractivity contribution in [2.24, 2.45) is 10.8 Å². The molecule has 0 radical (unpaired) electrons. The van der Waals surface area contributed by atoms with Gasteiger partial charge in [-0.1, -0.05) is 19.8 Å². The van der Waals surface area contributed by atoms with Crippen LogP contribution in [0.1, 0.15) is 51.9 Å². The van der Waals surface area contributed by atoms with Gasteiger partial charge in [-0.3, -0.25) is 0 Å². The van der Waals surface area contributed by atoms with Crippen LogP contribution < -0.4 is 4.74 Å². The van der Waals surface area contributed by atoms with Crippen LogP contribution >= 0.6 is 0 Å². The Hall–Kier alpha value is -2.08. The number of rotatable bonds is 4. The maximum absolute atomic E-state index is 9.52. The van der Waals surface area contributed by atoms with Gasteiger partial charge in [-0.05, 0) is 31.9 Å². The van der Waals surface area contributed by atoms with Crippen molar-refractivity contribution in [2.45, 2.75) is 52.7 Å². The van der Waals surface area contributed by atoms with Crippen molar-refractivity contribution in [3.8, 4) is 23.7 Å². The highest BCUT2D eigenvalue weighted by Crippen LogP contribution is 2.37. The summed E-state index contributed by atoms with van der Waals surface area (Å²) in [4.78, 5) is 4.25. The quantitative estimate of drug-likeness (QED) is 0.828. The van der Waals surface area contributed by atoms with E-state index in [1.807, 2.05) is 33.8 Å². The molecule has 128 valence electrons. The van der Waals surface area contributed by atoms with Crippen molar-refractivity contribution >= 4 is 0 Å². The molecule has 2 rings (SSSR count). The van der Waals surface area contributed by atoms with E-state index in [1.54, 1.807) is 12.1 Å². The Balaban J connectivity index is 2.19. The molecule has 1 saturated carbocycles. The lowest BCUT2D eigenvalue weighted by atomic mass is 9.69. The van der Waals surface area contributed by atoms with E-state index >= 15 is 0 Å². The summed E-state index contributed by atoms with van der Waals surface area (Å²) in [6.07, 6.45) is 0.791. The lowest BCUT2D eigenvalue weighted by molar-refractivity contribution is -0.0110. The maximum Gasteiger partial charge on any atom is 0.183 e. The van der Waals surface area contributed by atoms with Crippen LogP contribution in [0.2, 0.25) is 0 Å². The molecular formula is C19H24N2O3. The van der Waals surface area contributed by atoms with E-state index in [-0.39, 0.29) is 29.9 Å². The third-order valence-corrected chi connectivity index (χ3v) is 4.92. The Kier molecular flexibility index (Phi) is 5.18. The monoisotopic (exact) mass is 328 g/mol. The zero-order valence-corrected chi connectivity index (χ0v) is 14.6. The second-order valence-electron chi connectivity index (χ2n) is 7.44. The van der Waals surface area contributed by atoms with Gasteiger partial charge in [0.2, 0.25) is 0 Å². The van der Waals surface area contributed by atoms with Gasteiger partial charge in [0.1, 0.15) is 17.9 Å². The number of hydrogen-bond donors (Lipinski definition) is 2. The third-order valence-electron chi connectivity index (χ3n) is 4.92. The van der Waals surface area contributed by atoms with Gasteiger partial charge in [0.15, 0.2) is 11.4 Å². The van der Waals surface area contributed by atoms with Gasteiger partial charge >= 0.3 is 0 Å². The largest absolute Gasteiger partial charge is 0.487 e. The summed E-state index contributed by atoms with van der Waals surface area (Å²) < 4.78 is 5.69. The van der Waals surface area contributed by atoms with Crippen LogP contribution in [0.25, 0.3) is 0 Å². The lowest BCUT2D eigenvalue weighted by Crippen LogP contribution is -2.37. The normalized spacial score (nSPS) is 20.4. The number of ether oxygens (including phenoxy) is 1. The summed E-state index contributed by atoms with van der Waals surface area (Å²) in [6.45, 7) is 7.90. The van der Waals surface area contributed by atoms with E-state index in [0.717, 1.165) is 0 Å². The molecule has 0 aromatic carbocycles. The molecule has 0 unspecified atom stereocenters. The molecule has 1 aliphatic carbocycles. The Bertz CT molecular complexity index is 702. The maximum atomic E-state index is 9.52. The Morgan fingerprint density at radius 1 is 1.29 bits per heavy atom. The summed E-state index contributed by atoms with van der Waals surface area (Å²) in [5.74, 6) is 6.57. The van der Waals surface area contributed by atoms with E-state index in [2.05, 4.69) is 16.8 Å². The first-order valence-corrected chi connectivity index (χ1v) is 8.08. The third kappa shape index (κ3) is 3.87. The van der Waals surface area contributed by atoms with Gasteiger partial charge in [0.05, 0.1) is 6.10 Å². The molecule has 5 heteroatoms. The number of aliphatic hydroxyl groups is 2. The second-order valence-corrected chi connectivity index (χ2v) is 7.44. The predicted molar refractivity (Wildman–Crippen MR) is 90.1 cm³/mol. The van der Waals surface area contributed by atoms with Crippen LogP contribution in [0.4, 0.5) is 0 Å². The van der Waals surface area contributed by atoms with E-state index in [0.29, 0.717) is 24.3 Å². The van der Waals surface area contributed by atoms with Crippen LogP contribution in [-0.2, 0) is 0 Å². The second kappa shape index (κ2) is 6.81. The molecule has 0 saturated heterocycles. The van der Waals surface area contributed by atoms with Gasteiger partial charge in [0.25, 0.3) is 0 Å². The molecule has 0 bridgehead atoms. The predicted octanol–water partition coefficient (Wildman–Crippen LogP) is 2.25. The zero-order chi connectivity index (χ0) is 18.0. The summed E-state index contributed by atoms with van der Waals surface area (Å²) >= 11 is 0. The molecule has 1 fully saturated rings. The first-order chi connectivity index (χ1) is 11.2. The van der Waals surface area contributed by atoms with Gasteiger partial charge in [-0.25, -0.2) is 4.98 Å². The highest BCUT2D eigenvalue weighted by Gasteiger charge is 2.35. The first kappa shape index (κ1) is 18.3. The average molecular weight is 328 g/mol. The van der Waals surface area contributed by atoms with E-state index in [4.69, 9.17) is 4.74 Å². The summed E-state index contributed by atoms with van der Waals surface area (Å²) in [5.41, 5.74) is -0.0728. The standard InChI is InChI=1S/C19H24N2O3/c1-18(2,19(3,4)12-22)8-7-13-5-6-17(16(11-20)21-13)24-15-9-14(23)10-15/h5-6,14-15,22-23H,9-10,12H2,1-4H3. The SMILES string of the molecule is CC(C)(C#Cc1ccc(OC2CC(O)C2)c(C#N)n1)C(C)(C)CO. The average Bonchev–Trinajstić information content (AvgIpc) is 2.52. The minimum absolute atomic E-state index is 0.0333. The summed E-state index contributed by atoms with van der Waals surface area (Å²) in [6, 6.07) is 5.45. The number of hydrogen-bond acceptors (Lipinski definition) is 5. The number of pyridine rings is 1. The molecule has 1 heterocycles. The van der Waals surface area contributed by atoms with Crippen LogP contribution in [0.3, 0.4) is 0 Å². The van der Waals surface area contributed by atoms with Crippen molar-refractivity contribution in [1.29, 1.82) is 5.26 Å². The molecule has 1 aliphatic rings. The zero-order valence-electron chi connectivity index (χ0n) is 14.6. The Morgan fingerprint density at radius 3 is 2.50 bits per heavy atom. The summed E-state index contributed by atoms with van der Waals surface area (Å²) in [7, 11) is 0. The minimum atomic E-state index is -0.409. The highest BCUT2D eigenvalue weighted by molar-refractivity contribution is 5.42. The van der Waals surface area contributed by atoms with Gasteiger partial charge < -0.3 is 14.9 Å². The van der Waals surface area contributed by atoms with Gasteiger partial charge in [-0.15, -0.1) is 0 Å². The fraction of sp³-hybridized carbons (Fsp3) is 0.579. The molecule has 24 heavy (non-hydrogen) atoms. The lowest BCUT2D eigenvalue weighted by Gasteiger charge is -2.35. The highest BCUT2D eigenvalue weighted by atomic mass is 16.5. The molecule has 1 aromatic rings. The molecule has 1 aromatic heterocycles. The van der Waals surface area contributed by atoms with E-state index in [1.165, 1.54) is 0 Å². The molecule has 2 N–H and O–H groups in total. The number of aliphatic hydroxyl groups excluding tert-OH is 2. The van der Waals surface area contributed by atoms with Gasteiger partial charge in [0, 0.05) is 30.3 Å². The van der Waals surface area contributed by atoms with E-state index < -0.39 is 5.41 Å². The number of nitriles is 1. The molecular weight excluding hydrogens is 304 g/mol. The van der Waals surface area contributed by atoms with Crippen LogP contribution in [-0.4, -0.2) is 34.0 Å².